The van der Waals surface area contributed by atoms with Crippen molar-refractivity contribution in [3.63, 3.8) is 0 Å². The molecule has 0 unspecified atom stereocenters. The van der Waals surface area contributed by atoms with Crippen LogP contribution in [0, 0.1) is 0 Å². The van der Waals surface area contributed by atoms with Crippen LogP contribution < -0.4 is 0 Å². The lowest BCUT2D eigenvalue weighted by Gasteiger charge is -2.13. The van der Waals surface area contributed by atoms with Crippen LogP contribution in [0.1, 0.15) is 24.8 Å². The first-order valence-corrected chi connectivity index (χ1v) is 8.74. The number of para-hydroxylation sites is 2. The molecule has 5 heteroatoms. The lowest BCUT2D eigenvalue weighted by atomic mass is 10.0. The molecule has 0 saturated carbocycles. The highest BCUT2D eigenvalue weighted by Gasteiger charge is 2.24. The van der Waals surface area contributed by atoms with Crippen molar-refractivity contribution >= 4 is 39.8 Å². The molecule has 122 valence electrons. The molecule has 0 aliphatic carbocycles. The van der Waals surface area contributed by atoms with Gasteiger partial charge in [0.25, 0.3) is 0 Å². The molecule has 2 aromatic carbocycles. The van der Waals surface area contributed by atoms with Crippen molar-refractivity contribution in [3.8, 4) is 11.6 Å². The van der Waals surface area contributed by atoms with Gasteiger partial charge in [-0.3, -0.25) is 9.56 Å². The van der Waals surface area contributed by atoms with E-state index in [4.69, 9.17) is 23.2 Å². The van der Waals surface area contributed by atoms with Gasteiger partial charge in [-0.2, -0.15) is 0 Å². The molecule has 3 nitrogen and oxygen atoms in total. The van der Waals surface area contributed by atoms with Crippen molar-refractivity contribution in [2.75, 3.05) is 6.54 Å². The van der Waals surface area contributed by atoms with E-state index < -0.39 is 0 Å². The number of fused-ring (bicyclic) bond motifs is 1. The Morgan fingerprint density at radius 2 is 1.71 bits per heavy atom. The zero-order valence-corrected chi connectivity index (χ0v) is 14.5. The number of nitrogens with zero attached hydrogens (tertiary/aromatic N) is 2. The van der Waals surface area contributed by atoms with Gasteiger partial charge in [0.1, 0.15) is 0 Å². The number of rotatable bonds is 2. The molecule has 0 radical (unpaired) electrons. The maximum atomic E-state index is 11.0. The van der Waals surface area contributed by atoms with E-state index in [1.165, 1.54) is 0 Å². The lowest BCUT2D eigenvalue weighted by Crippen LogP contribution is -2.07. The molecule has 0 bridgehead atoms. The number of aliphatic imine (C=N–C) groups is 1. The van der Waals surface area contributed by atoms with Crippen LogP contribution >= 0.6 is 23.2 Å². The van der Waals surface area contributed by atoms with Crippen LogP contribution in [0.5, 0.6) is 5.88 Å². The van der Waals surface area contributed by atoms with E-state index in [0.29, 0.717) is 15.7 Å². The first-order valence-electron chi connectivity index (χ1n) is 7.99. The van der Waals surface area contributed by atoms with Gasteiger partial charge in [0.2, 0.25) is 5.88 Å². The first-order chi connectivity index (χ1) is 11.7. The largest absolute Gasteiger partial charge is 0.494 e. The molecule has 24 heavy (non-hydrogen) atoms. The van der Waals surface area contributed by atoms with Gasteiger partial charge in [-0.1, -0.05) is 47.5 Å². The SMILES string of the molecule is Oc1c(C2=NCCCC2)c2ccccc2n1-c1c(Cl)cccc1Cl. The van der Waals surface area contributed by atoms with Gasteiger partial charge < -0.3 is 5.11 Å². The van der Waals surface area contributed by atoms with Gasteiger partial charge in [-0.15, -0.1) is 0 Å². The van der Waals surface area contributed by atoms with E-state index in [9.17, 15) is 5.11 Å². The smallest absolute Gasteiger partial charge is 0.206 e. The molecule has 1 N–H and O–H groups in total. The minimum absolute atomic E-state index is 0.145. The second kappa shape index (κ2) is 6.15. The summed E-state index contributed by atoms with van der Waals surface area (Å²) in [5.41, 5.74) is 3.21. The van der Waals surface area contributed by atoms with Crippen molar-refractivity contribution in [3.05, 3.63) is 58.1 Å². The third-order valence-electron chi connectivity index (χ3n) is 4.42. The number of aromatic hydroxyl groups is 1. The average molecular weight is 359 g/mol. The number of hydrogen-bond donors (Lipinski definition) is 1. The van der Waals surface area contributed by atoms with Crippen molar-refractivity contribution in [2.45, 2.75) is 19.3 Å². The molecule has 0 spiro atoms. The number of benzene rings is 2. The van der Waals surface area contributed by atoms with Crippen LogP contribution in [0.2, 0.25) is 10.0 Å². The summed E-state index contributed by atoms with van der Waals surface area (Å²) < 4.78 is 1.73. The number of aromatic nitrogens is 1. The second-order valence-electron chi connectivity index (χ2n) is 5.91. The quantitative estimate of drug-likeness (QED) is 0.634. The Morgan fingerprint density at radius 1 is 0.958 bits per heavy atom. The van der Waals surface area contributed by atoms with Gasteiger partial charge in [0, 0.05) is 17.6 Å². The minimum Gasteiger partial charge on any atom is -0.494 e. The summed E-state index contributed by atoms with van der Waals surface area (Å²) in [5, 5.41) is 13.0. The van der Waals surface area contributed by atoms with Gasteiger partial charge in [0.15, 0.2) is 0 Å². The third-order valence-corrected chi connectivity index (χ3v) is 5.03. The molecule has 0 atom stereocenters. The first kappa shape index (κ1) is 15.6. The van der Waals surface area contributed by atoms with Crippen LogP contribution in [0.4, 0.5) is 0 Å². The van der Waals surface area contributed by atoms with Gasteiger partial charge in [-0.25, -0.2) is 0 Å². The summed E-state index contributed by atoms with van der Waals surface area (Å²) in [6.45, 7) is 0.807. The summed E-state index contributed by atoms with van der Waals surface area (Å²) in [6.07, 6.45) is 3.06. The van der Waals surface area contributed by atoms with Crippen LogP contribution in [0.3, 0.4) is 0 Å². The topological polar surface area (TPSA) is 37.5 Å². The Bertz CT molecular complexity index is 939. The fourth-order valence-electron chi connectivity index (χ4n) is 3.34. The Kier molecular flexibility index (Phi) is 3.99. The van der Waals surface area contributed by atoms with Gasteiger partial charge in [-0.05, 0) is 37.5 Å². The molecule has 3 aromatic rings. The summed E-state index contributed by atoms with van der Waals surface area (Å²) in [5.74, 6) is 0.145. The van der Waals surface area contributed by atoms with E-state index >= 15 is 0 Å². The van der Waals surface area contributed by atoms with Crippen molar-refractivity contribution in [1.29, 1.82) is 0 Å². The predicted molar refractivity (Wildman–Crippen MR) is 100 cm³/mol. The highest BCUT2D eigenvalue weighted by molar-refractivity contribution is 6.38. The molecule has 0 amide bonds. The molecule has 1 aliphatic heterocycles. The van der Waals surface area contributed by atoms with Crippen LogP contribution in [-0.2, 0) is 0 Å². The van der Waals surface area contributed by atoms with Gasteiger partial charge in [0.05, 0.1) is 26.8 Å². The van der Waals surface area contributed by atoms with E-state index in [2.05, 4.69) is 4.99 Å². The maximum absolute atomic E-state index is 11.0. The predicted octanol–water partition coefficient (Wildman–Crippen LogP) is 5.62. The monoisotopic (exact) mass is 358 g/mol. The Balaban J connectivity index is 2.07. The van der Waals surface area contributed by atoms with E-state index in [-0.39, 0.29) is 5.88 Å². The molecule has 0 saturated heterocycles. The maximum Gasteiger partial charge on any atom is 0.206 e. The normalized spacial score (nSPS) is 14.8. The number of halogens is 2. The van der Waals surface area contributed by atoms with Crippen LogP contribution in [-0.4, -0.2) is 21.9 Å². The average Bonchev–Trinajstić information content (AvgIpc) is 2.88. The zero-order chi connectivity index (χ0) is 16.7. The van der Waals surface area contributed by atoms with E-state index in [1.807, 2.05) is 24.3 Å². The second-order valence-corrected chi connectivity index (χ2v) is 6.72. The summed E-state index contributed by atoms with van der Waals surface area (Å²) in [4.78, 5) is 4.64. The Morgan fingerprint density at radius 3 is 2.42 bits per heavy atom. The molecule has 4 rings (SSSR count). The summed E-state index contributed by atoms with van der Waals surface area (Å²) in [6, 6.07) is 13.2. The van der Waals surface area contributed by atoms with Crippen LogP contribution in [0.15, 0.2) is 47.5 Å². The van der Waals surface area contributed by atoms with Gasteiger partial charge >= 0.3 is 0 Å². The molecule has 0 fully saturated rings. The van der Waals surface area contributed by atoms with Crippen molar-refractivity contribution in [2.24, 2.45) is 4.99 Å². The van der Waals surface area contributed by atoms with E-state index in [0.717, 1.165) is 48.0 Å². The number of hydrogen-bond acceptors (Lipinski definition) is 2. The minimum atomic E-state index is 0.145. The Labute approximate surface area is 150 Å². The molecule has 1 aromatic heterocycles. The summed E-state index contributed by atoms with van der Waals surface area (Å²) in [7, 11) is 0. The van der Waals surface area contributed by atoms with Crippen molar-refractivity contribution < 1.29 is 5.11 Å². The van der Waals surface area contributed by atoms with E-state index in [1.54, 1.807) is 22.8 Å². The fraction of sp³-hybridized carbons (Fsp3) is 0.211. The molecular formula is C19H16Cl2N2O. The molecular weight excluding hydrogens is 343 g/mol. The fourth-order valence-corrected chi connectivity index (χ4v) is 3.91. The standard InChI is InChI=1S/C19H16Cl2N2O/c20-13-7-5-8-14(21)18(13)23-16-10-2-1-6-12(16)17(19(23)24)15-9-3-4-11-22-15/h1-2,5-8,10,24H,3-4,9,11H2. The van der Waals surface area contributed by atoms with Crippen molar-refractivity contribution in [1.82, 2.24) is 4.57 Å². The lowest BCUT2D eigenvalue weighted by molar-refractivity contribution is 0.444. The highest BCUT2D eigenvalue weighted by Crippen LogP contribution is 2.40. The zero-order valence-electron chi connectivity index (χ0n) is 13.0. The highest BCUT2D eigenvalue weighted by atomic mass is 35.5. The molecule has 1 aliphatic rings. The third kappa shape index (κ3) is 2.40. The Hall–Kier alpha value is -1.97. The molecule has 2 heterocycles. The van der Waals surface area contributed by atoms with Crippen LogP contribution in [0.25, 0.3) is 16.6 Å². The summed E-state index contributed by atoms with van der Waals surface area (Å²) >= 11 is 12.8.